The summed E-state index contributed by atoms with van der Waals surface area (Å²) in [5, 5.41) is 17.7. The Morgan fingerprint density at radius 1 is 0.781 bits per heavy atom. The van der Waals surface area contributed by atoms with E-state index in [-0.39, 0.29) is 95.1 Å². The van der Waals surface area contributed by atoms with Gasteiger partial charge in [0, 0.05) is 6.42 Å². The first kappa shape index (κ1) is 41.7. The van der Waals surface area contributed by atoms with E-state index < -0.39 is 33.1 Å². The minimum atomic E-state index is -4.53. The maximum absolute atomic E-state index is 11.6. The number of aliphatic hydroxyl groups excluding tert-OH is 2. The van der Waals surface area contributed by atoms with Gasteiger partial charge in [-0.2, -0.15) is 0 Å². The van der Waals surface area contributed by atoms with Crippen molar-refractivity contribution in [3.8, 4) is 0 Å². The minimum absolute atomic E-state index is 0. The third kappa shape index (κ3) is 30.6. The van der Waals surface area contributed by atoms with Gasteiger partial charge >= 0.3 is 102 Å². The number of carbonyl (C=O) groups is 1. The van der Waals surface area contributed by atoms with Crippen LogP contribution in [0.5, 0.6) is 0 Å². The van der Waals surface area contributed by atoms with Gasteiger partial charge in [0.1, 0.15) is 6.10 Å². The molecule has 0 aliphatic carbocycles. The van der Waals surface area contributed by atoms with E-state index in [0.29, 0.717) is 6.42 Å². The molecule has 0 bridgehead atoms. The van der Waals surface area contributed by atoms with Crippen LogP contribution in [0, 0.1) is 0 Å². The van der Waals surface area contributed by atoms with Crippen LogP contribution in [-0.4, -0.2) is 129 Å². The molecule has 0 rings (SSSR count). The maximum atomic E-state index is 11.6. The summed E-state index contributed by atoms with van der Waals surface area (Å²) >= 11 is 0. The molecule has 0 fully saturated rings. The van der Waals surface area contributed by atoms with E-state index >= 15 is 0 Å². The molecule has 2 atom stereocenters. The molecule has 0 aromatic heterocycles. The summed E-state index contributed by atoms with van der Waals surface area (Å²) in [5.74, 6) is -0.788. The Bertz CT molecular complexity index is 446. The van der Waals surface area contributed by atoms with Crippen molar-refractivity contribution in [2.75, 3.05) is 13.2 Å². The number of hydrogen-bond acceptors (Lipinski definition) is 6. The quantitative estimate of drug-likeness (QED) is 0.123. The molecule has 0 aromatic carbocycles. The van der Waals surface area contributed by atoms with Crippen LogP contribution >= 0.6 is 7.82 Å². The van der Waals surface area contributed by atoms with Gasteiger partial charge in [-0.1, -0.05) is 96.8 Å². The Morgan fingerprint density at radius 3 is 1.53 bits per heavy atom. The SMILES string of the molecule is CCCCCCCCCCCCCCCCCC(=O)OP(=O)(O)OCC(O)CO.[NaH].[NaH].[NaH]. The monoisotopic (exact) mass is 510 g/mol. The van der Waals surface area contributed by atoms with Crippen molar-refractivity contribution in [1.82, 2.24) is 0 Å². The van der Waals surface area contributed by atoms with Crippen LogP contribution in [0.4, 0.5) is 0 Å². The molecule has 32 heavy (non-hydrogen) atoms. The molecule has 0 aliphatic heterocycles. The number of unbranched alkanes of at least 4 members (excludes halogenated alkanes) is 14. The van der Waals surface area contributed by atoms with Crippen molar-refractivity contribution in [2.45, 2.75) is 116 Å². The molecule has 0 saturated carbocycles. The topological polar surface area (TPSA) is 113 Å². The Morgan fingerprint density at radius 2 is 1.16 bits per heavy atom. The molecule has 3 N–H and O–H groups in total. The van der Waals surface area contributed by atoms with E-state index in [4.69, 9.17) is 10.2 Å². The molecule has 7 nitrogen and oxygen atoms in total. The van der Waals surface area contributed by atoms with Gasteiger partial charge in [0.05, 0.1) is 13.2 Å². The van der Waals surface area contributed by atoms with Gasteiger partial charge < -0.3 is 14.7 Å². The van der Waals surface area contributed by atoms with Crippen LogP contribution in [0.1, 0.15) is 110 Å². The Labute approximate surface area is 262 Å². The number of carbonyl (C=O) groups excluding carboxylic acids is 1. The summed E-state index contributed by atoms with van der Waals surface area (Å²) in [6, 6.07) is 0. The van der Waals surface area contributed by atoms with Crippen molar-refractivity contribution in [3.63, 3.8) is 0 Å². The van der Waals surface area contributed by atoms with Crippen LogP contribution in [-0.2, 0) is 18.4 Å². The van der Waals surface area contributed by atoms with Crippen LogP contribution in [0.3, 0.4) is 0 Å². The van der Waals surface area contributed by atoms with Crippen LogP contribution in [0.15, 0.2) is 0 Å². The first-order chi connectivity index (χ1) is 13.9. The normalized spacial score (nSPS) is 13.1. The van der Waals surface area contributed by atoms with Gasteiger partial charge in [-0.15, -0.1) is 0 Å². The molecule has 11 heteroatoms. The average molecular weight is 511 g/mol. The van der Waals surface area contributed by atoms with Gasteiger partial charge in [-0.05, 0) is 6.42 Å². The van der Waals surface area contributed by atoms with E-state index in [0.717, 1.165) is 19.3 Å². The Balaban J connectivity index is -0.00000131. The first-order valence-corrected chi connectivity index (χ1v) is 12.9. The zero-order valence-corrected chi connectivity index (χ0v) is 19.1. The number of rotatable bonds is 21. The molecule has 0 radical (unpaired) electrons. The van der Waals surface area contributed by atoms with Crippen LogP contribution in [0.25, 0.3) is 0 Å². The molecule has 0 aliphatic rings. The summed E-state index contributed by atoms with van der Waals surface area (Å²) in [7, 11) is -4.53. The molecular weight excluding hydrogens is 464 g/mol. The molecule has 0 amide bonds. The summed E-state index contributed by atoms with van der Waals surface area (Å²) in [6.07, 6.45) is 17.1. The second-order valence-electron chi connectivity index (χ2n) is 7.76. The zero-order valence-electron chi connectivity index (χ0n) is 18.2. The molecule has 2 unspecified atom stereocenters. The van der Waals surface area contributed by atoms with Crippen molar-refractivity contribution in [2.24, 2.45) is 0 Å². The van der Waals surface area contributed by atoms with E-state index in [1.165, 1.54) is 70.6 Å². The van der Waals surface area contributed by atoms with Gasteiger partial charge in [0.2, 0.25) is 0 Å². The van der Waals surface area contributed by atoms with E-state index in [1.54, 1.807) is 0 Å². The standard InChI is InChI=1S/C21H43O7P.3Na.3H/c1-2-3-4-5-6-7-8-9-10-11-12-13-14-15-16-17-21(24)28-29(25,26)27-19-20(23)18-22;;;;;;/h20,22-23H,2-19H2,1H3,(H,25,26);;;;;;. The number of phosphoric acid groups is 1. The second-order valence-corrected chi connectivity index (χ2v) is 9.14. The predicted molar refractivity (Wildman–Crippen MR) is 136 cm³/mol. The summed E-state index contributed by atoms with van der Waals surface area (Å²) in [6.45, 7) is 1.07. The van der Waals surface area contributed by atoms with Gasteiger partial charge in [0.25, 0.3) is 0 Å². The summed E-state index contributed by atoms with van der Waals surface area (Å²) in [5.41, 5.74) is 0. The number of aliphatic hydroxyl groups is 2. The van der Waals surface area contributed by atoms with E-state index in [9.17, 15) is 14.3 Å². The zero-order chi connectivity index (χ0) is 21.8. The fourth-order valence-electron chi connectivity index (χ4n) is 3.07. The molecular formula is C21H46Na3O7P. The molecule has 180 valence electrons. The second kappa shape index (κ2) is 29.8. The van der Waals surface area contributed by atoms with Gasteiger partial charge in [0.15, 0.2) is 0 Å². The summed E-state index contributed by atoms with van der Waals surface area (Å²) in [4.78, 5) is 20.9. The van der Waals surface area contributed by atoms with Crippen molar-refractivity contribution < 1.29 is 33.5 Å². The van der Waals surface area contributed by atoms with E-state index in [2.05, 4.69) is 16.0 Å². The van der Waals surface area contributed by atoms with Gasteiger partial charge in [-0.3, -0.25) is 14.2 Å². The van der Waals surface area contributed by atoms with Crippen molar-refractivity contribution >= 4 is 102 Å². The molecule has 0 heterocycles. The number of phosphoric ester groups is 1. The Kier molecular flexibility index (Phi) is 38.8. The molecule has 0 saturated heterocycles. The van der Waals surface area contributed by atoms with E-state index in [1.807, 2.05) is 0 Å². The molecule has 0 spiro atoms. The van der Waals surface area contributed by atoms with Crippen LogP contribution < -0.4 is 0 Å². The average Bonchev–Trinajstić information content (AvgIpc) is 2.68. The summed E-state index contributed by atoms with van der Waals surface area (Å²) < 4.78 is 20.4. The van der Waals surface area contributed by atoms with Gasteiger partial charge in [-0.25, -0.2) is 4.57 Å². The Hall–Kier alpha value is 2.54. The fourth-order valence-corrected chi connectivity index (χ4v) is 3.84. The third-order valence-electron chi connectivity index (χ3n) is 4.84. The molecule has 0 aromatic rings. The first-order valence-electron chi connectivity index (χ1n) is 11.4. The third-order valence-corrected chi connectivity index (χ3v) is 5.75. The fraction of sp³-hybridized carbons (Fsp3) is 0.952. The van der Waals surface area contributed by atoms with Crippen molar-refractivity contribution in [1.29, 1.82) is 0 Å². The number of hydrogen-bond donors (Lipinski definition) is 3. The van der Waals surface area contributed by atoms with Crippen molar-refractivity contribution in [3.05, 3.63) is 0 Å². The predicted octanol–water partition coefficient (Wildman–Crippen LogP) is 3.32. The van der Waals surface area contributed by atoms with Crippen LogP contribution in [0.2, 0.25) is 0 Å².